The van der Waals surface area contributed by atoms with E-state index in [-0.39, 0.29) is 18.8 Å². The molecule has 0 spiro atoms. The Morgan fingerprint density at radius 1 is 1.40 bits per heavy atom. The third-order valence-corrected chi connectivity index (χ3v) is 5.94. The van der Waals surface area contributed by atoms with Crippen molar-refractivity contribution in [2.45, 2.75) is 25.6 Å². The maximum absolute atomic E-state index is 13.2. The smallest absolute Gasteiger partial charge is 0.356 e. The van der Waals surface area contributed by atoms with Gasteiger partial charge in [0, 0.05) is 5.56 Å². The molecular weight excluding hydrogens is 344 g/mol. The van der Waals surface area contributed by atoms with Crippen molar-refractivity contribution in [3.05, 3.63) is 53.0 Å². The molecule has 1 unspecified atom stereocenters. The van der Waals surface area contributed by atoms with Crippen LogP contribution in [0.15, 0.2) is 36.1 Å². The molecule has 1 aliphatic carbocycles. The number of carbonyl (C=O) groups is 2. The summed E-state index contributed by atoms with van der Waals surface area (Å²) in [4.78, 5) is 24.5. The van der Waals surface area contributed by atoms with Crippen molar-refractivity contribution in [2.75, 3.05) is 6.61 Å². The van der Waals surface area contributed by atoms with Crippen molar-refractivity contribution in [3.63, 3.8) is 0 Å². The maximum Gasteiger partial charge on any atom is 0.356 e. The van der Waals surface area contributed by atoms with Crippen LogP contribution in [0.25, 0.3) is 6.08 Å². The van der Waals surface area contributed by atoms with Crippen LogP contribution in [0.4, 0.5) is 0 Å². The molecule has 8 heteroatoms. The van der Waals surface area contributed by atoms with E-state index < -0.39 is 27.0 Å². The summed E-state index contributed by atoms with van der Waals surface area (Å²) < 4.78 is 32.3. The molecule has 1 N–H and O–H groups in total. The number of rotatable bonds is 4. The second-order valence-corrected chi connectivity index (χ2v) is 7.65. The van der Waals surface area contributed by atoms with Gasteiger partial charge in [0.15, 0.2) is 11.0 Å². The van der Waals surface area contributed by atoms with Gasteiger partial charge in [-0.3, -0.25) is 4.79 Å². The molecule has 1 aromatic heterocycles. The monoisotopic (exact) mass is 362 g/mol. The van der Waals surface area contributed by atoms with Crippen LogP contribution in [-0.4, -0.2) is 36.0 Å². The second kappa shape index (κ2) is 6.36. The van der Waals surface area contributed by atoms with E-state index in [9.17, 15) is 18.0 Å². The molecule has 2 heterocycles. The molecule has 0 bridgehead atoms. The number of fused-ring (bicyclic) bond motifs is 1. The first-order valence-electron chi connectivity index (χ1n) is 7.82. The van der Waals surface area contributed by atoms with E-state index in [1.54, 1.807) is 32.2 Å². The minimum Gasteiger partial charge on any atom is -0.461 e. The van der Waals surface area contributed by atoms with Crippen molar-refractivity contribution in [2.24, 2.45) is 0 Å². The average Bonchev–Trinajstić information content (AvgIpc) is 2.95. The Kier molecular flexibility index (Phi) is 4.38. The van der Waals surface area contributed by atoms with Gasteiger partial charge in [0.05, 0.1) is 18.8 Å². The molecule has 0 fully saturated rings. The summed E-state index contributed by atoms with van der Waals surface area (Å²) in [6.07, 6.45) is 7.57. The van der Waals surface area contributed by atoms with Crippen molar-refractivity contribution >= 4 is 27.9 Å². The number of carbonyl (C=O) groups excluding carboxylic acids is 2. The van der Waals surface area contributed by atoms with Crippen LogP contribution < -0.4 is 5.32 Å². The molecule has 0 saturated carbocycles. The number of hydrogen-bond donors (Lipinski definition) is 1. The molecule has 25 heavy (non-hydrogen) atoms. The Morgan fingerprint density at radius 3 is 2.84 bits per heavy atom. The number of esters is 1. The summed E-state index contributed by atoms with van der Waals surface area (Å²) in [6.45, 7) is 3.70. The average molecular weight is 362 g/mol. The fourth-order valence-electron chi connectivity index (χ4n) is 2.86. The van der Waals surface area contributed by atoms with Gasteiger partial charge >= 0.3 is 5.97 Å². The van der Waals surface area contributed by atoms with Crippen LogP contribution in [0, 0.1) is 0 Å². The summed E-state index contributed by atoms with van der Waals surface area (Å²) in [7, 11) is -4.17. The highest BCUT2D eigenvalue weighted by atomic mass is 32.2. The van der Waals surface area contributed by atoms with Gasteiger partial charge in [-0.25, -0.2) is 17.2 Å². The van der Waals surface area contributed by atoms with Gasteiger partial charge in [0.1, 0.15) is 5.69 Å². The minimum atomic E-state index is -4.17. The van der Waals surface area contributed by atoms with Crippen LogP contribution in [-0.2, 0) is 26.1 Å². The fourth-order valence-corrected chi connectivity index (χ4v) is 4.60. The zero-order chi connectivity index (χ0) is 18.2. The zero-order valence-corrected chi connectivity index (χ0v) is 14.7. The molecule has 1 atom stereocenters. The Morgan fingerprint density at radius 2 is 2.16 bits per heavy atom. The molecule has 3 rings (SSSR count). The lowest BCUT2D eigenvalue weighted by Crippen LogP contribution is -2.36. The van der Waals surface area contributed by atoms with E-state index in [1.165, 1.54) is 18.2 Å². The second-order valence-electron chi connectivity index (χ2n) is 5.75. The van der Waals surface area contributed by atoms with Gasteiger partial charge in [0.2, 0.25) is 0 Å². The number of hydrogen-bond acceptors (Lipinski definition) is 6. The molecule has 0 radical (unpaired) electrons. The van der Waals surface area contributed by atoms with Gasteiger partial charge in [-0.15, -0.1) is 0 Å². The summed E-state index contributed by atoms with van der Waals surface area (Å²) in [5.41, 5.74) is 1.58. The van der Waals surface area contributed by atoms with E-state index in [0.29, 0.717) is 16.8 Å². The van der Waals surface area contributed by atoms with Gasteiger partial charge < -0.3 is 10.1 Å². The molecular formula is C17H18N2O5S. The normalized spacial score (nSPS) is 19.2. The Bertz CT molecular complexity index is 934. The largest absolute Gasteiger partial charge is 0.461 e. The number of aromatic nitrogens is 1. The first-order valence-corrected chi connectivity index (χ1v) is 9.33. The van der Waals surface area contributed by atoms with E-state index in [1.807, 2.05) is 0 Å². The van der Waals surface area contributed by atoms with Gasteiger partial charge in [-0.1, -0.05) is 12.2 Å². The zero-order valence-electron chi connectivity index (χ0n) is 13.9. The van der Waals surface area contributed by atoms with Crippen LogP contribution in [0.2, 0.25) is 0 Å². The first kappa shape index (κ1) is 17.2. The highest BCUT2D eigenvalue weighted by molar-refractivity contribution is 7.91. The first-order chi connectivity index (χ1) is 11.9. The van der Waals surface area contributed by atoms with Gasteiger partial charge in [-0.05, 0) is 43.8 Å². The quantitative estimate of drug-likeness (QED) is 0.813. The lowest BCUT2D eigenvalue weighted by molar-refractivity contribution is -0.113. The Labute approximate surface area is 145 Å². The lowest BCUT2D eigenvalue weighted by Gasteiger charge is -2.20. The summed E-state index contributed by atoms with van der Waals surface area (Å²) in [5.74, 6) is -1.27. The molecule has 1 aromatic rings. The summed E-state index contributed by atoms with van der Waals surface area (Å²) in [5, 5.41) is 1.56. The van der Waals surface area contributed by atoms with Crippen molar-refractivity contribution in [1.29, 1.82) is 0 Å². The molecule has 1 aliphatic heterocycles. The van der Waals surface area contributed by atoms with Crippen molar-refractivity contribution in [3.8, 4) is 0 Å². The van der Waals surface area contributed by atoms with E-state index >= 15 is 0 Å². The highest BCUT2D eigenvalue weighted by Gasteiger charge is 2.37. The van der Waals surface area contributed by atoms with Crippen LogP contribution >= 0.6 is 0 Å². The molecule has 0 amide bonds. The predicted molar refractivity (Wildman–Crippen MR) is 92.3 cm³/mol. The van der Waals surface area contributed by atoms with E-state index in [2.05, 4.69) is 5.32 Å². The standard InChI is InChI=1S/C17H18N2O5S/c1-3-24-17(21)13-9-12-6-7-18-10-14(12)19(13)25(22,23)16-5-4-11(2)8-15(16)20/h4-9,16,18H,3,10H2,1-2H3. The van der Waals surface area contributed by atoms with Gasteiger partial charge in [-0.2, -0.15) is 0 Å². The number of nitrogens with one attached hydrogen (secondary N) is 1. The predicted octanol–water partition coefficient (Wildman–Crippen LogP) is 1.37. The van der Waals surface area contributed by atoms with Crippen LogP contribution in [0.3, 0.4) is 0 Å². The highest BCUT2D eigenvalue weighted by Crippen LogP contribution is 2.27. The van der Waals surface area contributed by atoms with Crippen molar-refractivity contribution < 1.29 is 22.7 Å². The molecule has 2 aliphatic rings. The molecule has 7 nitrogen and oxygen atoms in total. The number of nitrogens with zero attached hydrogens (tertiary/aromatic N) is 1. The third kappa shape index (κ3) is 2.93. The van der Waals surface area contributed by atoms with Gasteiger partial charge in [0.25, 0.3) is 10.0 Å². The molecule has 132 valence electrons. The molecule has 0 saturated heterocycles. The minimum absolute atomic E-state index is 0.104. The Balaban J connectivity index is 2.17. The van der Waals surface area contributed by atoms with Crippen LogP contribution in [0.5, 0.6) is 0 Å². The number of ether oxygens (including phenoxy) is 1. The maximum atomic E-state index is 13.2. The number of ketones is 1. The summed E-state index contributed by atoms with van der Waals surface area (Å²) in [6, 6.07) is 1.47. The topological polar surface area (TPSA) is 94.5 Å². The SMILES string of the molecule is CCOC(=O)c1cc2c(n1S(=O)(=O)C1C=CC(C)=CC1=O)CNC=C2. The van der Waals surface area contributed by atoms with E-state index in [0.717, 1.165) is 3.97 Å². The van der Waals surface area contributed by atoms with E-state index in [4.69, 9.17) is 4.74 Å². The third-order valence-electron chi connectivity index (χ3n) is 3.98. The Hall–Kier alpha value is -2.61. The number of allylic oxidation sites excluding steroid dienone is 3. The fraction of sp³-hybridized carbons (Fsp3) is 0.294. The molecule has 0 aromatic carbocycles. The van der Waals surface area contributed by atoms with Crippen LogP contribution in [0.1, 0.15) is 35.6 Å². The lowest BCUT2D eigenvalue weighted by atomic mass is 10.1. The van der Waals surface area contributed by atoms with Crippen molar-refractivity contribution in [1.82, 2.24) is 9.29 Å². The summed E-state index contributed by atoms with van der Waals surface area (Å²) >= 11 is 0.